The Morgan fingerprint density at radius 2 is 1.76 bits per heavy atom. The number of unbranched alkanes of at least 4 members (excludes halogenated alkanes) is 1. The van der Waals surface area contributed by atoms with Crippen molar-refractivity contribution in [2.45, 2.75) is 45.6 Å². The lowest BCUT2D eigenvalue weighted by molar-refractivity contribution is 0.269. The third-order valence-electron chi connectivity index (χ3n) is 3.37. The summed E-state index contributed by atoms with van der Waals surface area (Å²) in [5.74, 6) is 0. The minimum atomic E-state index is 0.269. The highest BCUT2D eigenvalue weighted by Crippen LogP contribution is 2.04. The number of likely N-dealkylation sites (N-methyl/N-ethyl adjacent to an activating group) is 1. The maximum atomic E-state index is 3.55. The SMILES string of the molecule is CN1CCCN(CCCCNC(C)(C)C)CC1. The van der Waals surface area contributed by atoms with Gasteiger partial charge in [-0.15, -0.1) is 0 Å². The van der Waals surface area contributed by atoms with Crippen molar-refractivity contribution in [1.82, 2.24) is 15.1 Å². The molecule has 0 unspecified atom stereocenters. The predicted octanol–water partition coefficient (Wildman–Crippen LogP) is 1.79. The molecule has 0 aromatic carbocycles. The Morgan fingerprint density at radius 3 is 2.47 bits per heavy atom. The van der Waals surface area contributed by atoms with Gasteiger partial charge in [0, 0.05) is 18.6 Å². The third-order valence-corrected chi connectivity index (χ3v) is 3.37. The van der Waals surface area contributed by atoms with Crippen LogP contribution in [0.1, 0.15) is 40.0 Å². The fourth-order valence-corrected chi connectivity index (χ4v) is 2.25. The molecule has 1 fully saturated rings. The van der Waals surface area contributed by atoms with E-state index < -0.39 is 0 Å². The molecule has 102 valence electrons. The van der Waals surface area contributed by atoms with E-state index in [-0.39, 0.29) is 5.54 Å². The molecule has 1 aliphatic rings. The van der Waals surface area contributed by atoms with Crippen molar-refractivity contribution in [1.29, 1.82) is 0 Å². The smallest absolute Gasteiger partial charge is 0.0109 e. The number of nitrogens with zero attached hydrogens (tertiary/aromatic N) is 2. The van der Waals surface area contributed by atoms with E-state index in [2.05, 4.69) is 42.9 Å². The Labute approximate surface area is 108 Å². The van der Waals surface area contributed by atoms with E-state index in [1.165, 1.54) is 52.0 Å². The van der Waals surface area contributed by atoms with Gasteiger partial charge < -0.3 is 15.1 Å². The molecule has 3 nitrogen and oxygen atoms in total. The summed E-state index contributed by atoms with van der Waals surface area (Å²) in [6.45, 7) is 14.2. The van der Waals surface area contributed by atoms with E-state index in [4.69, 9.17) is 0 Å². The summed E-state index contributed by atoms with van der Waals surface area (Å²) in [5.41, 5.74) is 0.269. The maximum Gasteiger partial charge on any atom is 0.0109 e. The monoisotopic (exact) mass is 241 g/mol. The summed E-state index contributed by atoms with van der Waals surface area (Å²) in [5, 5.41) is 3.55. The first-order valence-corrected chi connectivity index (χ1v) is 7.13. The van der Waals surface area contributed by atoms with Gasteiger partial charge in [-0.25, -0.2) is 0 Å². The first kappa shape index (κ1) is 14.9. The summed E-state index contributed by atoms with van der Waals surface area (Å²) in [6, 6.07) is 0. The molecule has 0 aromatic heterocycles. The zero-order chi connectivity index (χ0) is 12.7. The topological polar surface area (TPSA) is 18.5 Å². The van der Waals surface area contributed by atoms with Gasteiger partial charge in [-0.2, -0.15) is 0 Å². The highest BCUT2D eigenvalue weighted by Gasteiger charge is 2.11. The molecule has 3 heteroatoms. The van der Waals surface area contributed by atoms with Crippen LogP contribution in [0.15, 0.2) is 0 Å². The molecule has 1 heterocycles. The summed E-state index contributed by atoms with van der Waals surface area (Å²) in [4.78, 5) is 5.07. The Bertz CT molecular complexity index is 198. The van der Waals surface area contributed by atoms with Crippen molar-refractivity contribution in [3.05, 3.63) is 0 Å². The Kier molecular flexibility index (Phi) is 6.45. The maximum absolute atomic E-state index is 3.55. The van der Waals surface area contributed by atoms with Crippen LogP contribution in [0.25, 0.3) is 0 Å². The zero-order valence-electron chi connectivity index (χ0n) is 12.3. The van der Waals surface area contributed by atoms with Crippen molar-refractivity contribution in [2.24, 2.45) is 0 Å². The molecule has 0 aliphatic carbocycles. The molecular formula is C14H31N3. The lowest BCUT2D eigenvalue weighted by Crippen LogP contribution is -2.36. The largest absolute Gasteiger partial charge is 0.312 e. The van der Waals surface area contributed by atoms with Gasteiger partial charge in [0.2, 0.25) is 0 Å². The second-order valence-corrected chi connectivity index (χ2v) is 6.38. The van der Waals surface area contributed by atoms with E-state index in [1.807, 2.05) is 0 Å². The van der Waals surface area contributed by atoms with Crippen LogP contribution < -0.4 is 5.32 Å². The first-order valence-electron chi connectivity index (χ1n) is 7.13. The number of rotatable bonds is 5. The molecule has 0 atom stereocenters. The second-order valence-electron chi connectivity index (χ2n) is 6.38. The highest BCUT2D eigenvalue weighted by molar-refractivity contribution is 4.71. The normalized spacial score (nSPS) is 20.5. The minimum absolute atomic E-state index is 0.269. The van der Waals surface area contributed by atoms with Crippen molar-refractivity contribution >= 4 is 0 Å². The van der Waals surface area contributed by atoms with Gasteiger partial charge in [0.1, 0.15) is 0 Å². The van der Waals surface area contributed by atoms with Gasteiger partial charge in [0.25, 0.3) is 0 Å². The van der Waals surface area contributed by atoms with E-state index in [9.17, 15) is 0 Å². The van der Waals surface area contributed by atoms with Crippen LogP contribution in [0.3, 0.4) is 0 Å². The van der Waals surface area contributed by atoms with Crippen LogP contribution in [0.2, 0.25) is 0 Å². The third kappa shape index (κ3) is 7.74. The average Bonchev–Trinajstić information content (AvgIpc) is 2.41. The first-order chi connectivity index (χ1) is 7.97. The predicted molar refractivity (Wildman–Crippen MR) is 75.5 cm³/mol. The lowest BCUT2D eigenvalue weighted by atomic mass is 10.1. The molecule has 1 saturated heterocycles. The number of nitrogens with one attached hydrogen (secondary N) is 1. The fraction of sp³-hybridized carbons (Fsp3) is 1.00. The zero-order valence-corrected chi connectivity index (χ0v) is 12.3. The summed E-state index contributed by atoms with van der Waals surface area (Å²) >= 11 is 0. The van der Waals surface area contributed by atoms with E-state index >= 15 is 0 Å². The van der Waals surface area contributed by atoms with E-state index in [0.29, 0.717) is 0 Å². The molecule has 1 rings (SSSR count). The molecule has 0 bridgehead atoms. The molecular weight excluding hydrogens is 210 g/mol. The van der Waals surface area contributed by atoms with Gasteiger partial charge in [0.05, 0.1) is 0 Å². The molecule has 0 spiro atoms. The van der Waals surface area contributed by atoms with Crippen LogP contribution in [0.5, 0.6) is 0 Å². The Balaban J connectivity index is 2.02. The summed E-state index contributed by atoms with van der Waals surface area (Å²) in [7, 11) is 2.23. The summed E-state index contributed by atoms with van der Waals surface area (Å²) in [6.07, 6.45) is 3.95. The van der Waals surface area contributed by atoms with Crippen LogP contribution in [0, 0.1) is 0 Å². The minimum Gasteiger partial charge on any atom is -0.312 e. The molecule has 0 amide bonds. The molecule has 1 N–H and O–H groups in total. The lowest BCUT2D eigenvalue weighted by Gasteiger charge is -2.22. The van der Waals surface area contributed by atoms with Gasteiger partial charge in [0.15, 0.2) is 0 Å². The number of hydrogen-bond acceptors (Lipinski definition) is 3. The van der Waals surface area contributed by atoms with Gasteiger partial charge in [-0.05, 0) is 73.3 Å². The van der Waals surface area contributed by atoms with Crippen molar-refractivity contribution in [3.63, 3.8) is 0 Å². The van der Waals surface area contributed by atoms with E-state index in [0.717, 1.165) is 6.54 Å². The van der Waals surface area contributed by atoms with Crippen LogP contribution >= 0.6 is 0 Å². The fourth-order valence-electron chi connectivity index (χ4n) is 2.25. The molecule has 1 aliphatic heterocycles. The highest BCUT2D eigenvalue weighted by atomic mass is 15.2. The Hall–Kier alpha value is -0.120. The van der Waals surface area contributed by atoms with Crippen molar-refractivity contribution in [2.75, 3.05) is 46.3 Å². The van der Waals surface area contributed by atoms with Gasteiger partial charge >= 0.3 is 0 Å². The second kappa shape index (κ2) is 7.34. The standard InChI is InChI=1S/C14H31N3/c1-14(2,3)15-8-5-6-10-17-11-7-9-16(4)12-13-17/h15H,5-13H2,1-4H3. The van der Waals surface area contributed by atoms with Crippen molar-refractivity contribution < 1.29 is 0 Å². The van der Waals surface area contributed by atoms with Gasteiger partial charge in [-0.1, -0.05) is 0 Å². The summed E-state index contributed by atoms with van der Waals surface area (Å²) < 4.78 is 0. The van der Waals surface area contributed by atoms with E-state index in [1.54, 1.807) is 0 Å². The molecule has 17 heavy (non-hydrogen) atoms. The Morgan fingerprint density at radius 1 is 1.00 bits per heavy atom. The number of hydrogen-bond donors (Lipinski definition) is 1. The molecule has 0 aromatic rings. The van der Waals surface area contributed by atoms with Crippen molar-refractivity contribution in [3.8, 4) is 0 Å². The quantitative estimate of drug-likeness (QED) is 0.740. The van der Waals surface area contributed by atoms with Gasteiger partial charge in [-0.3, -0.25) is 0 Å². The van der Waals surface area contributed by atoms with Crippen LogP contribution in [-0.2, 0) is 0 Å². The van der Waals surface area contributed by atoms with Crippen LogP contribution in [-0.4, -0.2) is 61.7 Å². The van der Waals surface area contributed by atoms with Crippen LogP contribution in [0.4, 0.5) is 0 Å². The molecule has 0 radical (unpaired) electrons. The molecule has 0 saturated carbocycles. The average molecular weight is 241 g/mol.